The van der Waals surface area contributed by atoms with Gasteiger partial charge in [0, 0.05) is 50.3 Å². The zero-order chi connectivity index (χ0) is 30.0. The van der Waals surface area contributed by atoms with E-state index in [9.17, 15) is 27.2 Å². The van der Waals surface area contributed by atoms with E-state index in [0.717, 1.165) is 12.8 Å². The lowest BCUT2D eigenvalue weighted by Gasteiger charge is -2.15. The second-order valence-electron chi connectivity index (χ2n) is 10.6. The molecule has 0 saturated heterocycles. The van der Waals surface area contributed by atoms with Gasteiger partial charge in [0.15, 0.2) is 5.78 Å². The summed E-state index contributed by atoms with van der Waals surface area (Å²) in [7, 11) is 3.05. The van der Waals surface area contributed by atoms with Crippen LogP contribution in [0.4, 0.5) is 17.6 Å². The average molecular weight is 583 g/mol. The summed E-state index contributed by atoms with van der Waals surface area (Å²) in [6.45, 7) is 0.484. The Labute approximate surface area is 240 Å². The standard InChI is InChI=1S/C32H30F4N2O4/c1-37-30(40)28-25-16-24(20-4-3-5-21(14-20)27(39)15-22(17-41-2)18-6-7-18)26(12-13-32(34,35)36)38-31(25)42-29(28)19-8-10-23(33)11-9-19/h3-5,8-11,14,16,18,22H,6-7,12-13,15,17H2,1-2H3,(H,37,40)/t22-/m0/s1. The predicted molar refractivity (Wildman–Crippen MR) is 150 cm³/mol. The van der Waals surface area contributed by atoms with Gasteiger partial charge in [-0.05, 0) is 73.1 Å². The molecule has 0 unspecified atom stereocenters. The Bertz CT molecular complexity index is 1610. The first-order valence-electron chi connectivity index (χ1n) is 13.7. The lowest BCUT2D eigenvalue weighted by Crippen LogP contribution is -2.18. The molecule has 10 heteroatoms. The molecule has 1 aliphatic carbocycles. The number of hydrogen-bond acceptors (Lipinski definition) is 5. The van der Waals surface area contributed by atoms with Gasteiger partial charge in [-0.1, -0.05) is 18.2 Å². The number of alkyl halides is 3. The first-order chi connectivity index (χ1) is 20.1. The van der Waals surface area contributed by atoms with E-state index in [2.05, 4.69) is 10.3 Å². The third-order valence-electron chi connectivity index (χ3n) is 7.58. The number of pyridine rings is 1. The second-order valence-corrected chi connectivity index (χ2v) is 10.6. The number of fused-ring (bicyclic) bond motifs is 1. The Kier molecular flexibility index (Phi) is 8.45. The topological polar surface area (TPSA) is 81.4 Å². The third-order valence-corrected chi connectivity index (χ3v) is 7.58. The number of hydrogen-bond donors (Lipinski definition) is 1. The number of ether oxygens (including phenoxy) is 1. The van der Waals surface area contributed by atoms with Gasteiger partial charge in [-0.3, -0.25) is 9.59 Å². The quantitative estimate of drug-likeness (QED) is 0.147. The van der Waals surface area contributed by atoms with E-state index in [1.807, 2.05) is 0 Å². The highest BCUT2D eigenvalue weighted by Crippen LogP contribution is 2.40. The van der Waals surface area contributed by atoms with Crippen molar-refractivity contribution in [1.82, 2.24) is 10.3 Å². The summed E-state index contributed by atoms with van der Waals surface area (Å²) < 4.78 is 64.7. The van der Waals surface area contributed by atoms with Crippen LogP contribution in [0, 0.1) is 17.7 Å². The number of carbonyl (C=O) groups excluding carboxylic acids is 2. The van der Waals surface area contributed by atoms with Crippen molar-refractivity contribution in [1.29, 1.82) is 0 Å². The fraction of sp³-hybridized carbons (Fsp3) is 0.344. The maximum absolute atomic E-state index is 13.6. The Morgan fingerprint density at radius 1 is 1.10 bits per heavy atom. The van der Waals surface area contributed by atoms with Crippen molar-refractivity contribution >= 4 is 22.8 Å². The molecular weight excluding hydrogens is 552 g/mol. The maximum atomic E-state index is 13.6. The van der Waals surface area contributed by atoms with Crippen LogP contribution in [0.1, 0.15) is 52.1 Å². The van der Waals surface area contributed by atoms with Crippen LogP contribution in [0.15, 0.2) is 59.0 Å². The molecule has 1 atom stereocenters. The Morgan fingerprint density at radius 3 is 2.48 bits per heavy atom. The number of carbonyl (C=O) groups is 2. The molecule has 1 saturated carbocycles. The first-order valence-corrected chi connectivity index (χ1v) is 13.7. The Hall–Kier alpha value is -4.05. The summed E-state index contributed by atoms with van der Waals surface area (Å²) in [5.74, 6) is -0.383. The highest BCUT2D eigenvalue weighted by Gasteiger charge is 2.33. The number of aromatic nitrogens is 1. The number of methoxy groups -OCH3 is 1. The molecule has 220 valence electrons. The Balaban J connectivity index is 1.62. The number of aryl methyl sites for hydroxylation is 1. The molecule has 5 rings (SSSR count). The lowest BCUT2D eigenvalue weighted by atomic mass is 9.92. The lowest BCUT2D eigenvalue weighted by molar-refractivity contribution is -0.134. The normalized spacial score (nSPS) is 14.2. The van der Waals surface area contributed by atoms with Crippen LogP contribution in [0.5, 0.6) is 0 Å². The van der Waals surface area contributed by atoms with Gasteiger partial charge in [0.1, 0.15) is 11.6 Å². The molecule has 1 amide bonds. The van der Waals surface area contributed by atoms with Gasteiger partial charge in [-0.2, -0.15) is 13.2 Å². The van der Waals surface area contributed by atoms with Gasteiger partial charge in [-0.15, -0.1) is 0 Å². The fourth-order valence-corrected chi connectivity index (χ4v) is 5.27. The molecule has 0 bridgehead atoms. The summed E-state index contributed by atoms with van der Waals surface area (Å²) in [6, 6.07) is 13.6. The minimum absolute atomic E-state index is 0.0204. The molecule has 4 aromatic rings. The smallest absolute Gasteiger partial charge is 0.389 e. The van der Waals surface area contributed by atoms with Gasteiger partial charge in [0.05, 0.1) is 16.6 Å². The summed E-state index contributed by atoms with van der Waals surface area (Å²) in [4.78, 5) is 30.7. The van der Waals surface area contributed by atoms with Crippen molar-refractivity contribution in [3.63, 3.8) is 0 Å². The van der Waals surface area contributed by atoms with Gasteiger partial charge in [-0.25, -0.2) is 9.37 Å². The van der Waals surface area contributed by atoms with Gasteiger partial charge >= 0.3 is 6.18 Å². The van der Waals surface area contributed by atoms with Crippen LogP contribution >= 0.6 is 0 Å². The van der Waals surface area contributed by atoms with Crippen molar-refractivity contribution < 1.29 is 36.3 Å². The molecule has 1 fully saturated rings. The van der Waals surface area contributed by atoms with Gasteiger partial charge < -0.3 is 14.5 Å². The number of halogens is 4. The fourth-order valence-electron chi connectivity index (χ4n) is 5.27. The number of benzene rings is 2. The van der Waals surface area contributed by atoms with Crippen molar-refractivity contribution in [2.24, 2.45) is 11.8 Å². The van der Waals surface area contributed by atoms with Crippen LogP contribution in [0.2, 0.25) is 0 Å². The van der Waals surface area contributed by atoms with E-state index in [1.165, 1.54) is 31.3 Å². The van der Waals surface area contributed by atoms with E-state index in [1.54, 1.807) is 37.4 Å². The molecule has 2 aromatic carbocycles. The van der Waals surface area contributed by atoms with E-state index in [0.29, 0.717) is 41.2 Å². The van der Waals surface area contributed by atoms with Gasteiger partial charge in [0.2, 0.25) is 5.71 Å². The van der Waals surface area contributed by atoms with Crippen LogP contribution < -0.4 is 5.32 Å². The zero-order valence-electron chi connectivity index (χ0n) is 23.2. The number of amides is 1. The van der Waals surface area contributed by atoms with Crippen molar-refractivity contribution in [2.75, 3.05) is 20.8 Å². The van der Waals surface area contributed by atoms with E-state index in [4.69, 9.17) is 9.15 Å². The molecule has 6 nitrogen and oxygen atoms in total. The summed E-state index contributed by atoms with van der Waals surface area (Å²) in [5, 5.41) is 2.84. The number of furan rings is 1. The highest BCUT2D eigenvalue weighted by atomic mass is 19.4. The third kappa shape index (κ3) is 6.54. The molecule has 42 heavy (non-hydrogen) atoms. The van der Waals surface area contributed by atoms with Crippen LogP contribution in [-0.2, 0) is 11.2 Å². The van der Waals surface area contributed by atoms with Crippen LogP contribution in [0.25, 0.3) is 33.6 Å². The molecule has 0 aliphatic heterocycles. The molecule has 1 N–H and O–H groups in total. The number of nitrogens with zero attached hydrogens (tertiary/aromatic N) is 1. The van der Waals surface area contributed by atoms with Crippen LogP contribution in [0.3, 0.4) is 0 Å². The van der Waals surface area contributed by atoms with Crippen molar-refractivity contribution in [3.05, 3.63) is 77.2 Å². The van der Waals surface area contributed by atoms with E-state index >= 15 is 0 Å². The largest absolute Gasteiger partial charge is 0.437 e. The number of nitrogens with one attached hydrogen (secondary N) is 1. The maximum Gasteiger partial charge on any atom is 0.389 e. The molecule has 2 aromatic heterocycles. The summed E-state index contributed by atoms with van der Waals surface area (Å²) in [6.07, 6.45) is -3.55. The van der Waals surface area contributed by atoms with Crippen molar-refractivity contribution in [3.8, 4) is 22.5 Å². The minimum Gasteiger partial charge on any atom is -0.437 e. The number of ketones is 1. The second kappa shape index (κ2) is 12.1. The first kappa shape index (κ1) is 29.4. The molecule has 2 heterocycles. The van der Waals surface area contributed by atoms with Gasteiger partial charge in [0.25, 0.3) is 5.91 Å². The van der Waals surface area contributed by atoms with Crippen molar-refractivity contribution in [2.45, 2.75) is 38.3 Å². The predicted octanol–water partition coefficient (Wildman–Crippen LogP) is 7.40. The molecule has 1 aliphatic rings. The molecule has 0 spiro atoms. The SMILES string of the molecule is CNC(=O)c1c(-c2ccc(F)cc2)oc2nc(CCC(F)(F)F)c(-c3cccc(C(=O)C[C@@H](COC)C4CC4)c3)cc12. The van der Waals surface area contributed by atoms with E-state index < -0.39 is 30.7 Å². The minimum atomic E-state index is -4.43. The summed E-state index contributed by atoms with van der Waals surface area (Å²) >= 11 is 0. The number of rotatable bonds is 11. The number of Topliss-reactive ketones (excluding diaryl/α,β-unsaturated/α-hetero) is 1. The molecular formula is C32H30F4N2O4. The van der Waals surface area contributed by atoms with Crippen LogP contribution in [-0.4, -0.2) is 43.6 Å². The van der Waals surface area contributed by atoms with E-state index in [-0.39, 0.29) is 39.8 Å². The zero-order valence-corrected chi connectivity index (χ0v) is 23.2. The monoisotopic (exact) mass is 582 g/mol. The molecule has 0 radical (unpaired) electrons. The highest BCUT2D eigenvalue weighted by molar-refractivity contribution is 6.11. The average Bonchev–Trinajstić information content (AvgIpc) is 3.75. The summed E-state index contributed by atoms with van der Waals surface area (Å²) in [5.41, 5.74) is 1.90. The Morgan fingerprint density at radius 2 is 1.83 bits per heavy atom.